The van der Waals surface area contributed by atoms with Crippen LogP contribution < -0.4 is 19.7 Å². The van der Waals surface area contributed by atoms with E-state index in [0.717, 1.165) is 28.4 Å². The molecule has 34 heavy (non-hydrogen) atoms. The third kappa shape index (κ3) is 4.08. The van der Waals surface area contributed by atoms with Gasteiger partial charge < -0.3 is 24.3 Å². The smallest absolute Gasteiger partial charge is 0.174 e. The second kappa shape index (κ2) is 9.52. The second-order valence-electron chi connectivity index (χ2n) is 7.96. The van der Waals surface area contributed by atoms with Crippen molar-refractivity contribution in [3.05, 3.63) is 102 Å². The molecule has 0 saturated carbocycles. The first-order chi connectivity index (χ1) is 16.7. The molecule has 0 aliphatic carbocycles. The van der Waals surface area contributed by atoms with E-state index in [2.05, 4.69) is 49.1 Å². The number of aromatic nitrogens is 3. The van der Waals surface area contributed by atoms with E-state index in [4.69, 9.17) is 21.7 Å². The van der Waals surface area contributed by atoms with Crippen molar-refractivity contribution in [3.8, 4) is 11.5 Å². The Kier molecular flexibility index (Phi) is 6.14. The van der Waals surface area contributed by atoms with Gasteiger partial charge in [0.1, 0.15) is 17.5 Å². The van der Waals surface area contributed by atoms with E-state index in [1.807, 2.05) is 48.7 Å². The van der Waals surface area contributed by atoms with Gasteiger partial charge in [-0.3, -0.25) is 9.97 Å². The SMILES string of the molecule is COc1ccc(OC)c(N2C(=S)N[C@H](c3ccccn3)[C@@H]2c2cccn2Cc2cccnc2)c1. The lowest BCUT2D eigenvalue weighted by atomic mass is 10.0. The molecule has 3 aromatic heterocycles. The summed E-state index contributed by atoms with van der Waals surface area (Å²) in [6.07, 6.45) is 7.56. The molecule has 5 rings (SSSR count). The fourth-order valence-corrected chi connectivity index (χ4v) is 4.77. The number of anilines is 1. The van der Waals surface area contributed by atoms with Gasteiger partial charge in [-0.25, -0.2) is 0 Å². The Labute approximate surface area is 204 Å². The van der Waals surface area contributed by atoms with E-state index in [0.29, 0.717) is 17.4 Å². The lowest BCUT2D eigenvalue weighted by Gasteiger charge is -2.30. The van der Waals surface area contributed by atoms with Crippen LogP contribution >= 0.6 is 12.2 Å². The standard InChI is InChI=1S/C26H25N5O2S/c1-32-19-10-11-23(33-2)22(15-19)31-25(24(29-26(31)34)20-8-3-4-13-28-20)21-9-6-14-30(21)17-18-7-5-12-27-16-18/h3-16,24-25H,17H2,1-2H3,(H,29,34)/t24-,25+/m1/s1. The maximum absolute atomic E-state index is 5.88. The Balaban J connectivity index is 1.64. The van der Waals surface area contributed by atoms with Gasteiger partial charge in [-0.2, -0.15) is 0 Å². The van der Waals surface area contributed by atoms with E-state index in [9.17, 15) is 0 Å². The van der Waals surface area contributed by atoms with Gasteiger partial charge in [0, 0.05) is 43.1 Å². The van der Waals surface area contributed by atoms with E-state index in [1.165, 1.54) is 0 Å². The summed E-state index contributed by atoms with van der Waals surface area (Å²) in [5.41, 5.74) is 3.95. The first kappa shape index (κ1) is 21.9. The molecular weight excluding hydrogens is 446 g/mol. The molecule has 0 amide bonds. The van der Waals surface area contributed by atoms with Crippen molar-refractivity contribution in [1.29, 1.82) is 0 Å². The number of hydrogen-bond acceptors (Lipinski definition) is 5. The molecule has 1 fully saturated rings. The number of nitrogens with one attached hydrogen (secondary N) is 1. The molecule has 1 N–H and O–H groups in total. The van der Waals surface area contributed by atoms with Gasteiger partial charge >= 0.3 is 0 Å². The number of pyridine rings is 2. The molecule has 172 valence electrons. The summed E-state index contributed by atoms with van der Waals surface area (Å²) in [6.45, 7) is 0.692. The second-order valence-corrected chi connectivity index (χ2v) is 8.34. The van der Waals surface area contributed by atoms with E-state index in [1.54, 1.807) is 26.6 Å². The summed E-state index contributed by atoms with van der Waals surface area (Å²) in [4.78, 5) is 11.0. The minimum Gasteiger partial charge on any atom is -0.497 e. The van der Waals surface area contributed by atoms with Crippen LogP contribution in [0.2, 0.25) is 0 Å². The average molecular weight is 472 g/mol. The molecule has 1 aliphatic heterocycles. The molecule has 4 heterocycles. The highest BCUT2D eigenvalue weighted by Gasteiger charge is 2.43. The quantitative estimate of drug-likeness (QED) is 0.398. The number of benzene rings is 1. The van der Waals surface area contributed by atoms with Crippen molar-refractivity contribution in [2.75, 3.05) is 19.1 Å². The Hall–Kier alpha value is -3.91. The van der Waals surface area contributed by atoms with Gasteiger partial charge in [-0.15, -0.1) is 0 Å². The van der Waals surface area contributed by atoms with Crippen LogP contribution in [0.15, 0.2) is 85.5 Å². The molecule has 0 unspecified atom stereocenters. The van der Waals surface area contributed by atoms with E-state index >= 15 is 0 Å². The van der Waals surface area contributed by atoms with Gasteiger partial charge in [0.25, 0.3) is 0 Å². The van der Waals surface area contributed by atoms with Crippen molar-refractivity contribution in [3.63, 3.8) is 0 Å². The molecule has 8 heteroatoms. The van der Waals surface area contributed by atoms with Crippen LogP contribution in [-0.2, 0) is 6.54 Å². The summed E-state index contributed by atoms with van der Waals surface area (Å²) >= 11 is 5.88. The molecule has 7 nitrogen and oxygen atoms in total. The Morgan fingerprint density at radius 3 is 2.65 bits per heavy atom. The maximum atomic E-state index is 5.88. The zero-order valence-corrected chi connectivity index (χ0v) is 19.8. The van der Waals surface area contributed by atoms with Crippen LogP contribution in [0.3, 0.4) is 0 Å². The van der Waals surface area contributed by atoms with Crippen molar-refractivity contribution < 1.29 is 9.47 Å². The highest BCUT2D eigenvalue weighted by Crippen LogP contribution is 2.45. The van der Waals surface area contributed by atoms with Gasteiger partial charge in [0.05, 0.1) is 31.6 Å². The molecule has 1 aromatic carbocycles. The molecule has 0 bridgehead atoms. The third-order valence-electron chi connectivity index (χ3n) is 5.99. The Morgan fingerprint density at radius 1 is 1.00 bits per heavy atom. The lowest BCUT2D eigenvalue weighted by Crippen LogP contribution is -2.30. The first-order valence-electron chi connectivity index (χ1n) is 11.0. The molecule has 2 atom stereocenters. The Morgan fingerprint density at radius 2 is 1.91 bits per heavy atom. The maximum Gasteiger partial charge on any atom is 0.174 e. The molecule has 1 saturated heterocycles. The predicted octanol–water partition coefficient (Wildman–Crippen LogP) is 4.52. The number of methoxy groups -OCH3 is 2. The largest absolute Gasteiger partial charge is 0.497 e. The van der Waals surface area contributed by atoms with Gasteiger partial charge in [0.15, 0.2) is 5.11 Å². The van der Waals surface area contributed by atoms with Crippen molar-refractivity contribution in [2.45, 2.75) is 18.6 Å². The predicted molar refractivity (Wildman–Crippen MR) is 135 cm³/mol. The number of hydrogen-bond donors (Lipinski definition) is 1. The van der Waals surface area contributed by atoms with Crippen LogP contribution in [0.5, 0.6) is 11.5 Å². The summed E-state index contributed by atoms with van der Waals surface area (Å²) in [7, 11) is 3.31. The third-order valence-corrected chi connectivity index (χ3v) is 6.30. The summed E-state index contributed by atoms with van der Waals surface area (Å²) in [5.74, 6) is 1.44. The highest BCUT2D eigenvalue weighted by molar-refractivity contribution is 7.80. The molecule has 0 radical (unpaired) electrons. The molecular formula is C26H25N5O2S. The lowest BCUT2D eigenvalue weighted by molar-refractivity contribution is 0.402. The van der Waals surface area contributed by atoms with Gasteiger partial charge in [0.2, 0.25) is 0 Å². The number of nitrogens with zero attached hydrogens (tertiary/aromatic N) is 4. The zero-order valence-electron chi connectivity index (χ0n) is 19.0. The fourth-order valence-electron chi connectivity index (χ4n) is 4.43. The summed E-state index contributed by atoms with van der Waals surface area (Å²) in [6, 6.07) is 19.6. The van der Waals surface area contributed by atoms with Gasteiger partial charge in [-0.1, -0.05) is 12.1 Å². The summed E-state index contributed by atoms with van der Waals surface area (Å²) in [5, 5.41) is 4.11. The topological polar surface area (TPSA) is 64.4 Å². The molecule has 4 aromatic rings. The van der Waals surface area contributed by atoms with Crippen molar-refractivity contribution in [1.82, 2.24) is 19.9 Å². The minimum atomic E-state index is -0.171. The molecule has 0 spiro atoms. The highest BCUT2D eigenvalue weighted by atomic mass is 32.1. The van der Waals surface area contributed by atoms with Crippen LogP contribution in [0.4, 0.5) is 5.69 Å². The zero-order chi connectivity index (χ0) is 23.5. The van der Waals surface area contributed by atoms with Crippen molar-refractivity contribution >= 4 is 23.0 Å². The Bertz CT molecular complexity index is 1280. The van der Waals surface area contributed by atoms with Gasteiger partial charge in [-0.05, 0) is 60.2 Å². The monoisotopic (exact) mass is 471 g/mol. The number of ether oxygens (including phenoxy) is 2. The fraction of sp³-hybridized carbons (Fsp3) is 0.192. The summed E-state index contributed by atoms with van der Waals surface area (Å²) < 4.78 is 13.5. The van der Waals surface area contributed by atoms with Crippen LogP contribution in [0, 0.1) is 0 Å². The van der Waals surface area contributed by atoms with Crippen molar-refractivity contribution in [2.24, 2.45) is 0 Å². The van der Waals surface area contributed by atoms with Crippen LogP contribution in [-0.4, -0.2) is 33.9 Å². The average Bonchev–Trinajstić information content (AvgIpc) is 3.48. The van der Waals surface area contributed by atoms with Crippen LogP contribution in [0.25, 0.3) is 0 Å². The van der Waals surface area contributed by atoms with Crippen LogP contribution in [0.1, 0.15) is 29.0 Å². The number of rotatable bonds is 7. The number of thiocarbonyl (C=S) groups is 1. The normalized spacial score (nSPS) is 17.5. The minimum absolute atomic E-state index is 0.160. The van der Waals surface area contributed by atoms with E-state index < -0.39 is 0 Å². The molecule has 1 aliphatic rings. The first-order valence-corrected chi connectivity index (χ1v) is 11.4. The van der Waals surface area contributed by atoms with E-state index in [-0.39, 0.29) is 12.1 Å².